The van der Waals surface area contributed by atoms with Crippen LogP contribution in [0.3, 0.4) is 0 Å². The van der Waals surface area contributed by atoms with Crippen molar-refractivity contribution in [3.8, 4) is 16.9 Å². The molecule has 2 atom stereocenters. The third-order valence-electron chi connectivity index (χ3n) is 5.88. The summed E-state index contributed by atoms with van der Waals surface area (Å²) in [5.41, 5.74) is 2.46. The Hall–Kier alpha value is -1.84. The first-order valence-electron chi connectivity index (χ1n) is 10.8. The average molecular weight is 382 g/mol. The minimum absolute atomic E-state index is 0.333. The highest BCUT2D eigenvalue weighted by Gasteiger charge is 2.28. The van der Waals surface area contributed by atoms with E-state index in [1.54, 1.807) is 0 Å². The van der Waals surface area contributed by atoms with Crippen LogP contribution in [0.2, 0.25) is 0 Å². The Kier molecular flexibility index (Phi) is 8.38. The summed E-state index contributed by atoms with van der Waals surface area (Å²) in [5, 5.41) is 0. The molecular formula is C25H35NO2. The molecule has 1 aliphatic heterocycles. The number of methoxy groups -OCH3 is 1. The highest BCUT2D eigenvalue weighted by atomic mass is 16.5. The maximum absolute atomic E-state index is 6.03. The van der Waals surface area contributed by atoms with Crippen molar-refractivity contribution in [3.05, 3.63) is 54.6 Å². The molecule has 3 heteroatoms. The Balaban J connectivity index is 1.43. The van der Waals surface area contributed by atoms with E-state index in [-0.39, 0.29) is 0 Å². The molecule has 1 fully saturated rings. The smallest absolute Gasteiger partial charge is 0.119 e. The van der Waals surface area contributed by atoms with Crippen LogP contribution in [0.15, 0.2) is 54.6 Å². The molecule has 1 saturated heterocycles. The van der Waals surface area contributed by atoms with E-state index in [0.29, 0.717) is 12.0 Å². The van der Waals surface area contributed by atoms with Gasteiger partial charge in [-0.3, -0.25) is 0 Å². The predicted molar refractivity (Wildman–Crippen MR) is 117 cm³/mol. The van der Waals surface area contributed by atoms with E-state index in [1.807, 2.05) is 13.2 Å². The van der Waals surface area contributed by atoms with Crippen molar-refractivity contribution >= 4 is 0 Å². The average Bonchev–Trinajstić information content (AvgIpc) is 2.76. The fraction of sp³-hybridized carbons (Fsp3) is 0.520. The van der Waals surface area contributed by atoms with Crippen molar-refractivity contribution in [2.75, 3.05) is 33.4 Å². The van der Waals surface area contributed by atoms with E-state index in [4.69, 9.17) is 9.47 Å². The Morgan fingerprint density at radius 3 is 2.43 bits per heavy atom. The molecule has 0 aromatic heterocycles. The highest BCUT2D eigenvalue weighted by molar-refractivity contribution is 5.63. The molecule has 2 aromatic carbocycles. The molecule has 0 bridgehead atoms. The minimum Gasteiger partial charge on any atom is -0.494 e. The van der Waals surface area contributed by atoms with E-state index in [9.17, 15) is 0 Å². The summed E-state index contributed by atoms with van der Waals surface area (Å²) in [6.07, 6.45) is 6.52. The van der Waals surface area contributed by atoms with E-state index >= 15 is 0 Å². The van der Waals surface area contributed by atoms with Crippen LogP contribution >= 0.6 is 0 Å². The van der Waals surface area contributed by atoms with Crippen LogP contribution in [0.1, 0.15) is 39.0 Å². The molecule has 0 spiro atoms. The van der Waals surface area contributed by atoms with Gasteiger partial charge >= 0.3 is 0 Å². The zero-order valence-corrected chi connectivity index (χ0v) is 17.5. The zero-order valence-electron chi connectivity index (χ0n) is 17.5. The van der Waals surface area contributed by atoms with Gasteiger partial charge < -0.3 is 14.4 Å². The van der Waals surface area contributed by atoms with E-state index in [0.717, 1.165) is 25.3 Å². The summed E-state index contributed by atoms with van der Waals surface area (Å²) in [4.78, 5) is 2.57. The molecule has 0 amide bonds. The van der Waals surface area contributed by atoms with Gasteiger partial charge in [0.15, 0.2) is 0 Å². The van der Waals surface area contributed by atoms with Gasteiger partial charge in [-0.2, -0.15) is 0 Å². The summed E-state index contributed by atoms with van der Waals surface area (Å²) in [6.45, 7) is 6.49. The summed E-state index contributed by atoms with van der Waals surface area (Å²) in [5.74, 6) is 1.54. The summed E-state index contributed by atoms with van der Waals surface area (Å²) >= 11 is 0. The quantitative estimate of drug-likeness (QED) is 0.496. The number of unbranched alkanes of at least 4 members (excludes halogenated alkanes) is 2. The first kappa shape index (κ1) is 20.9. The third-order valence-corrected chi connectivity index (χ3v) is 5.88. The SMILES string of the molecule is CCCCCN1CC[C@@H](CCOc2ccc(-c3ccccc3)cc2)[C@H](OC)C1. The normalized spacial score (nSPS) is 20.2. The van der Waals surface area contributed by atoms with Crippen molar-refractivity contribution in [3.63, 3.8) is 0 Å². The number of rotatable bonds is 10. The van der Waals surface area contributed by atoms with Gasteiger partial charge in [0.2, 0.25) is 0 Å². The van der Waals surface area contributed by atoms with Gasteiger partial charge in [0, 0.05) is 13.7 Å². The number of nitrogens with zero attached hydrogens (tertiary/aromatic N) is 1. The minimum atomic E-state index is 0.333. The fourth-order valence-electron chi connectivity index (χ4n) is 4.12. The number of likely N-dealkylation sites (tertiary alicyclic amines) is 1. The summed E-state index contributed by atoms with van der Waals surface area (Å²) < 4.78 is 11.8. The first-order valence-corrected chi connectivity index (χ1v) is 10.8. The van der Waals surface area contributed by atoms with Crippen LogP contribution in [0.5, 0.6) is 5.75 Å². The Labute approximate surface area is 170 Å². The predicted octanol–water partition coefficient (Wildman–Crippen LogP) is 5.65. The standard InChI is InChI=1S/C25H35NO2/c1-3-4-8-17-26-18-15-23(25(20-26)27-2)16-19-28-24-13-11-22(12-14-24)21-9-6-5-7-10-21/h5-7,9-14,23,25H,3-4,8,15-20H2,1-2H3/t23-,25+/m0/s1. The van der Waals surface area contributed by atoms with E-state index in [1.165, 1.54) is 49.9 Å². The van der Waals surface area contributed by atoms with Gasteiger partial charge in [0.05, 0.1) is 12.7 Å². The lowest BCUT2D eigenvalue weighted by atomic mass is 9.90. The van der Waals surface area contributed by atoms with Crippen LogP contribution in [-0.2, 0) is 4.74 Å². The van der Waals surface area contributed by atoms with Crippen LogP contribution < -0.4 is 4.74 Å². The number of hydrogen-bond donors (Lipinski definition) is 0. The van der Waals surface area contributed by atoms with Crippen LogP contribution in [0.4, 0.5) is 0 Å². The van der Waals surface area contributed by atoms with Gasteiger partial charge in [-0.1, -0.05) is 62.2 Å². The van der Waals surface area contributed by atoms with Crippen molar-refractivity contribution in [2.24, 2.45) is 5.92 Å². The first-order chi connectivity index (χ1) is 13.8. The van der Waals surface area contributed by atoms with Crippen molar-refractivity contribution in [1.82, 2.24) is 4.90 Å². The summed E-state index contributed by atoms with van der Waals surface area (Å²) in [6, 6.07) is 18.9. The van der Waals surface area contributed by atoms with E-state index < -0.39 is 0 Å². The van der Waals surface area contributed by atoms with E-state index in [2.05, 4.69) is 60.4 Å². The second-order valence-electron chi connectivity index (χ2n) is 7.86. The zero-order chi connectivity index (χ0) is 19.6. The number of ether oxygens (including phenoxy) is 2. The molecule has 1 aliphatic rings. The van der Waals surface area contributed by atoms with Crippen molar-refractivity contribution in [2.45, 2.75) is 45.1 Å². The van der Waals surface area contributed by atoms with Gasteiger partial charge in [0.25, 0.3) is 0 Å². The number of piperidine rings is 1. The Morgan fingerprint density at radius 1 is 0.964 bits per heavy atom. The lowest BCUT2D eigenvalue weighted by Crippen LogP contribution is -2.45. The van der Waals surface area contributed by atoms with Crippen LogP contribution in [0.25, 0.3) is 11.1 Å². The Bertz CT molecular complexity index is 671. The lowest BCUT2D eigenvalue weighted by Gasteiger charge is -2.37. The monoisotopic (exact) mass is 381 g/mol. The maximum Gasteiger partial charge on any atom is 0.119 e. The molecule has 0 saturated carbocycles. The molecule has 3 rings (SSSR count). The second kappa shape index (κ2) is 11.2. The van der Waals surface area contributed by atoms with Gasteiger partial charge in [-0.25, -0.2) is 0 Å². The third kappa shape index (κ3) is 6.08. The lowest BCUT2D eigenvalue weighted by molar-refractivity contribution is -0.0180. The molecule has 0 unspecified atom stereocenters. The highest BCUT2D eigenvalue weighted by Crippen LogP contribution is 2.25. The van der Waals surface area contributed by atoms with Gasteiger partial charge in [-0.15, -0.1) is 0 Å². The largest absolute Gasteiger partial charge is 0.494 e. The van der Waals surface area contributed by atoms with Gasteiger partial charge in [-0.05, 0) is 61.5 Å². The molecular weight excluding hydrogens is 346 g/mol. The molecule has 0 radical (unpaired) electrons. The molecule has 0 aliphatic carbocycles. The molecule has 3 nitrogen and oxygen atoms in total. The van der Waals surface area contributed by atoms with Crippen molar-refractivity contribution in [1.29, 1.82) is 0 Å². The topological polar surface area (TPSA) is 21.7 Å². The van der Waals surface area contributed by atoms with Gasteiger partial charge in [0.1, 0.15) is 5.75 Å². The summed E-state index contributed by atoms with van der Waals surface area (Å²) in [7, 11) is 1.86. The molecule has 0 N–H and O–H groups in total. The molecule has 28 heavy (non-hydrogen) atoms. The molecule has 1 heterocycles. The van der Waals surface area contributed by atoms with Crippen LogP contribution in [-0.4, -0.2) is 44.4 Å². The Morgan fingerprint density at radius 2 is 1.71 bits per heavy atom. The molecule has 2 aromatic rings. The molecule has 152 valence electrons. The fourth-order valence-corrected chi connectivity index (χ4v) is 4.12. The second-order valence-corrected chi connectivity index (χ2v) is 7.86. The van der Waals surface area contributed by atoms with Crippen LogP contribution in [0, 0.1) is 5.92 Å². The number of hydrogen-bond acceptors (Lipinski definition) is 3. The number of benzene rings is 2. The maximum atomic E-state index is 6.03. The van der Waals surface area contributed by atoms with Crippen molar-refractivity contribution < 1.29 is 9.47 Å².